The largest absolute Gasteiger partial charge is 0.491 e. The van der Waals surface area contributed by atoms with Crippen molar-refractivity contribution in [2.75, 3.05) is 36.5 Å². The summed E-state index contributed by atoms with van der Waals surface area (Å²) in [6.45, 7) is 5.63. The van der Waals surface area contributed by atoms with Gasteiger partial charge in [-0.2, -0.15) is 5.10 Å². The van der Waals surface area contributed by atoms with Gasteiger partial charge in [-0.05, 0) is 26.0 Å². The number of fused-ring (bicyclic) bond motifs is 4. The van der Waals surface area contributed by atoms with E-state index in [9.17, 15) is 18.0 Å². The molecule has 0 spiro atoms. The maximum absolute atomic E-state index is 14.9. The van der Waals surface area contributed by atoms with E-state index >= 15 is 0 Å². The van der Waals surface area contributed by atoms with Crippen molar-refractivity contribution in [2.24, 2.45) is 7.05 Å². The summed E-state index contributed by atoms with van der Waals surface area (Å²) in [5.74, 6) is 0.680. The fraction of sp³-hybridized carbons (Fsp3) is 0.379. The number of alkyl halides is 2. The van der Waals surface area contributed by atoms with Gasteiger partial charge in [0, 0.05) is 56.3 Å². The van der Waals surface area contributed by atoms with Crippen LogP contribution in [0.3, 0.4) is 0 Å². The average Bonchev–Trinajstić information content (AvgIpc) is 3.29. The molecule has 0 bridgehead atoms. The molecule has 9 nitrogen and oxygen atoms in total. The van der Waals surface area contributed by atoms with Gasteiger partial charge in [-0.1, -0.05) is 18.2 Å². The molecule has 4 heterocycles. The Kier molecular flexibility index (Phi) is 6.92. The van der Waals surface area contributed by atoms with Crippen LogP contribution in [-0.2, 0) is 7.05 Å². The molecule has 2 aromatic carbocycles. The summed E-state index contributed by atoms with van der Waals surface area (Å²) >= 11 is 0. The minimum atomic E-state index is -2.91. The molecule has 1 saturated heterocycles. The van der Waals surface area contributed by atoms with Crippen molar-refractivity contribution >= 4 is 28.3 Å². The van der Waals surface area contributed by atoms with Crippen LogP contribution in [0, 0.1) is 12.7 Å². The Balaban J connectivity index is 1.32. The minimum Gasteiger partial charge on any atom is -0.491 e. The van der Waals surface area contributed by atoms with Crippen LogP contribution in [0.15, 0.2) is 42.6 Å². The molecular weight excluding hydrogens is 535 g/mol. The number of amides is 1. The second-order valence-corrected chi connectivity index (χ2v) is 10.4. The Morgan fingerprint density at radius 1 is 1.15 bits per heavy atom. The Hall–Kier alpha value is -4.35. The molecule has 0 radical (unpaired) electrons. The van der Waals surface area contributed by atoms with Gasteiger partial charge < -0.3 is 19.9 Å². The molecule has 0 aliphatic carbocycles. The van der Waals surface area contributed by atoms with Crippen molar-refractivity contribution < 1.29 is 22.7 Å². The van der Waals surface area contributed by atoms with Gasteiger partial charge in [0.15, 0.2) is 0 Å². The van der Waals surface area contributed by atoms with Crippen LogP contribution < -0.4 is 15.0 Å². The number of halogens is 3. The van der Waals surface area contributed by atoms with Crippen LogP contribution in [0.2, 0.25) is 0 Å². The van der Waals surface area contributed by atoms with Crippen molar-refractivity contribution in [3.05, 3.63) is 71.1 Å². The average molecular weight is 566 g/mol. The third kappa shape index (κ3) is 4.91. The van der Waals surface area contributed by atoms with Gasteiger partial charge in [0.1, 0.15) is 28.9 Å². The van der Waals surface area contributed by atoms with Crippen LogP contribution in [0.1, 0.15) is 53.3 Å². The number of ether oxygens (including phenoxy) is 1. The third-order valence-corrected chi connectivity index (χ3v) is 7.83. The van der Waals surface area contributed by atoms with E-state index in [0.717, 1.165) is 18.2 Å². The van der Waals surface area contributed by atoms with E-state index in [0.29, 0.717) is 60.2 Å². The van der Waals surface area contributed by atoms with Crippen molar-refractivity contribution in [3.8, 4) is 5.75 Å². The fourth-order valence-corrected chi connectivity index (χ4v) is 5.72. The Bertz CT molecular complexity index is 1630. The Morgan fingerprint density at radius 3 is 2.71 bits per heavy atom. The number of carbonyl (C=O) groups is 1. The van der Waals surface area contributed by atoms with Gasteiger partial charge >= 0.3 is 0 Å². The van der Waals surface area contributed by atoms with E-state index in [2.05, 4.69) is 25.3 Å². The van der Waals surface area contributed by atoms with Crippen molar-refractivity contribution in [1.82, 2.24) is 24.6 Å². The quantitative estimate of drug-likeness (QED) is 0.363. The lowest BCUT2D eigenvalue weighted by Crippen LogP contribution is -2.55. The highest BCUT2D eigenvalue weighted by molar-refractivity contribution is 5.95. The molecular formula is C29H30F3N7O2. The number of hydrogen-bond donors (Lipinski definition) is 1. The number of hydrogen-bond acceptors (Lipinski definition) is 7. The summed E-state index contributed by atoms with van der Waals surface area (Å²) in [4.78, 5) is 26.5. The molecule has 4 aromatic rings. The molecule has 2 aliphatic heterocycles. The topological polar surface area (TPSA) is 88.4 Å². The first-order chi connectivity index (χ1) is 19.7. The molecule has 2 aromatic heterocycles. The van der Waals surface area contributed by atoms with Crippen molar-refractivity contribution in [3.63, 3.8) is 0 Å². The molecule has 1 N–H and O–H groups in total. The number of carbonyl (C=O) groups excluding carboxylic acids is 1. The lowest BCUT2D eigenvalue weighted by Gasteiger charge is -2.41. The summed E-state index contributed by atoms with van der Waals surface area (Å²) in [6.07, 6.45) is -0.565. The highest BCUT2D eigenvalue weighted by Gasteiger charge is 2.34. The van der Waals surface area contributed by atoms with E-state index in [1.807, 2.05) is 17.0 Å². The lowest BCUT2D eigenvalue weighted by atomic mass is 10.0. The number of benzene rings is 2. The third-order valence-electron chi connectivity index (χ3n) is 7.83. The highest BCUT2D eigenvalue weighted by Crippen LogP contribution is 2.40. The number of rotatable bonds is 5. The number of aromatic nitrogens is 4. The first-order valence-electron chi connectivity index (χ1n) is 13.5. The van der Waals surface area contributed by atoms with Gasteiger partial charge in [0.2, 0.25) is 0 Å². The second kappa shape index (κ2) is 10.6. The van der Waals surface area contributed by atoms with Crippen LogP contribution >= 0.6 is 0 Å². The van der Waals surface area contributed by atoms with Gasteiger partial charge in [0.05, 0.1) is 35.5 Å². The standard InChI is InChI=1S/C29H30F3N7O2/c1-16(19-5-4-6-20(26(19)30)27(31)32)34-28-21-13-24-25(14-22(21)35-17(2)36-28)41-12-8-18-15-38(10-11-39(18)24)29(40)23-7-9-33-37(23)3/h4-7,9,13-14,16,18,27H,8,10-12,15H2,1-3H3,(H,34,35,36)/t16-,18+/m1/s1. The molecule has 1 fully saturated rings. The van der Waals surface area contributed by atoms with Crippen LogP contribution in [0.4, 0.5) is 24.7 Å². The zero-order valence-electron chi connectivity index (χ0n) is 22.9. The van der Waals surface area contributed by atoms with Crippen LogP contribution in [0.25, 0.3) is 10.9 Å². The number of nitrogens with zero attached hydrogens (tertiary/aromatic N) is 6. The van der Waals surface area contributed by atoms with Crippen molar-refractivity contribution in [1.29, 1.82) is 0 Å². The number of piperazine rings is 1. The van der Waals surface area contributed by atoms with E-state index in [1.54, 1.807) is 37.8 Å². The lowest BCUT2D eigenvalue weighted by molar-refractivity contribution is 0.0706. The van der Waals surface area contributed by atoms with E-state index in [4.69, 9.17) is 4.74 Å². The predicted octanol–water partition coefficient (Wildman–Crippen LogP) is 5.04. The minimum absolute atomic E-state index is 0.0347. The fourth-order valence-electron chi connectivity index (χ4n) is 5.72. The van der Waals surface area contributed by atoms with Gasteiger partial charge in [-0.3, -0.25) is 9.48 Å². The van der Waals surface area contributed by atoms with E-state index < -0.39 is 23.8 Å². The summed E-state index contributed by atoms with van der Waals surface area (Å²) in [5.41, 5.74) is 1.55. The predicted molar refractivity (Wildman–Crippen MR) is 148 cm³/mol. The normalized spacial score (nSPS) is 17.6. The number of aryl methyl sites for hydroxylation is 2. The number of nitrogens with one attached hydrogen (secondary N) is 1. The molecule has 214 valence electrons. The van der Waals surface area contributed by atoms with E-state index in [-0.39, 0.29) is 17.5 Å². The summed E-state index contributed by atoms with van der Waals surface area (Å²) in [7, 11) is 1.75. The van der Waals surface area contributed by atoms with Gasteiger partial charge in [-0.25, -0.2) is 23.1 Å². The van der Waals surface area contributed by atoms with Crippen LogP contribution in [-0.4, -0.2) is 62.8 Å². The molecule has 41 heavy (non-hydrogen) atoms. The molecule has 2 aliphatic rings. The number of anilines is 2. The highest BCUT2D eigenvalue weighted by atomic mass is 19.3. The first kappa shape index (κ1) is 26.9. The molecule has 0 unspecified atom stereocenters. The van der Waals surface area contributed by atoms with Crippen molar-refractivity contribution in [2.45, 2.75) is 38.8 Å². The maximum atomic E-state index is 14.9. The first-order valence-corrected chi connectivity index (χ1v) is 13.5. The SMILES string of the molecule is Cc1nc(N[C@H](C)c2cccc(C(F)F)c2F)c2cc3c(cc2n1)OCC[C@H]1CN(C(=O)c2ccnn2C)CCN31. The summed E-state index contributed by atoms with van der Waals surface area (Å²) in [5, 5.41) is 8.05. The summed E-state index contributed by atoms with van der Waals surface area (Å²) < 4.78 is 49.3. The van der Waals surface area contributed by atoms with Gasteiger partial charge in [0.25, 0.3) is 12.3 Å². The maximum Gasteiger partial charge on any atom is 0.272 e. The zero-order valence-corrected chi connectivity index (χ0v) is 22.9. The zero-order chi connectivity index (χ0) is 28.8. The van der Waals surface area contributed by atoms with E-state index in [1.165, 1.54) is 12.1 Å². The monoisotopic (exact) mass is 565 g/mol. The molecule has 2 atom stereocenters. The Morgan fingerprint density at radius 2 is 1.95 bits per heavy atom. The molecule has 0 saturated carbocycles. The smallest absolute Gasteiger partial charge is 0.272 e. The molecule has 6 rings (SSSR count). The molecule has 12 heteroatoms. The Labute approximate surface area is 234 Å². The van der Waals surface area contributed by atoms with Crippen LogP contribution in [0.5, 0.6) is 5.75 Å². The second-order valence-electron chi connectivity index (χ2n) is 10.4. The molecule has 1 amide bonds. The summed E-state index contributed by atoms with van der Waals surface area (Å²) in [6, 6.07) is 8.96. The van der Waals surface area contributed by atoms with Gasteiger partial charge in [-0.15, -0.1) is 0 Å².